The fourth-order valence-electron chi connectivity index (χ4n) is 1.39. The summed E-state index contributed by atoms with van der Waals surface area (Å²) >= 11 is 0. The summed E-state index contributed by atoms with van der Waals surface area (Å²) in [6, 6.07) is 0. The lowest BCUT2D eigenvalue weighted by Crippen LogP contribution is -2.43. The van der Waals surface area contributed by atoms with Gasteiger partial charge in [0.1, 0.15) is 0 Å². The van der Waals surface area contributed by atoms with Gasteiger partial charge < -0.3 is 15.5 Å². The van der Waals surface area contributed by atoms with Crippen molar-refractivity contribution in [1.29, 1.82) is 0 Å². The summed E-state index contributed by atoms with van der Waals surface area (Å²) in [5.74, 6) is -2.72. The van der Waals surface area contributed by atoms with Gasteiger partial charge >= 0.3 is 11.9 Å². The monoisotopic (exact) mass is 259 g/mol. The molecule has 1 amide bonds. The van der Waals surface area contributed by atoms with Crippen molar-refractivity contribution < 1.29 is 24.6 Å². The predicted octanol–water partition coefficient (Wildman–Crippen LogP) is 1.10. The van der Waals surface area contributed by atoms with Crippen LogP contribution in [0.25, 0.3) is 0 Å². The van der Waals surface area contributed by atoms with E-state index >= 15 is 0 Å². The fourth-order valence-corrected chi connectivity index (χ4v) is 1.39. The van der Waals surface area contributed by atoms with E-state index < -0.39 is 23.8 Å². The van der Waals surface area contributed by atoms with Crippen LogP contribution in [0.3, 0.4) is 0 Å². The standard InChI is InChI=1S/C12H21NO5/c1-11(2,3)5-8(14)13-7-12(4,10(17)18)6-9(15)16/h5-7H2,1-4H3,(H,13,14)(H,15,16)(H,17,18). The molecule has 0 saturated heterocycles. The van der Waals surface area contributed by atoms with E-state index in [1.54, 1.807) is 0 Å². The Bertz CT molecular complexity index is 345. The highest BCUT2D eigenvalue weighted by Crippen LogP contribution is 2.22. The van der Waals surface area contributed by atoms with E-state index in [0.717, 1.165) is 0 Å². The first-order chi connectivity index (χ1) is 7.96. The lowest BCUT2D eigenvalue weighted by molar-refractivity contribution is -0.154. The molecular weight excluding hydrogens is 238 g/mol. The molecule has 0 aromatic rings. The van der Waals surface area contributed by atoms with Crippen LogP contribution in [-0.4, -0.2) is 34.6 Å². The summed E-state index contributed by atoms with van der Waals surface area (Å²) in [4.78, 5) is 33.2. The van der Waals surface area contributed by atoms with Crippen LogP contribution in [0.5, 0.6) is 0 Å². The molecular formula is C12H21NO5. The van der Waals surface area contributed by atoms with E-state index in [4.69, 9.17) is 10.2 Å². The molecule has 0 aromatic carbocycles. The first-order valence-corrected chi connectivity index (χ1v) is 5.68. The largest absolute Gasteiger partial charge is 0.481 e. The molecule has 0 fully saturated rings. The van der Waals surface area contributed by atoms with Crippen LogP contribution in [0.4, 0.5) is 0 Å². The highest BCUT2D eigenvalue weighted by atomic mass is 16.4. The number of carboxylic acids is 2. The SMILES string of the molecule is CC(C)(C)CC(=O)NCC(C)(CC(=O)O)C(=O)O. The average molecular weight is 259 g/mol. The van der Waals surface area contributed by atoms with Crippen LogP contribution in [0.2, 0.25) is 0 Å². The zero-order valence-electron chi connectivity index (χ0n) is 11.2. The van der Waals surface area contributed by atoms with E-state index in [1.165, 1.54) is 6.92 Å². The van der Waals surface area contributed by atoms with Crippen LogP contribution in [0.15, 0.2) is 0 Å². The second kappa shape index (κ2) is 5.84. The van der Waals surface area contributed by atoms with Crippen LogP contribution in [0, 0.1) is 10.8 Å². The number of nitrogens with one attached hydrogen (secondary N) is 1. The Morgan fingerprint density at radius 1 is 1.00 bits per heavy atom. The summed E-state index contributed by atoms with van der Waals surface area (Å²) < 4.78 is 0. The Labute approximate surface area is 106 Å². The molecule has 0 bridgehead atoms. The number of hydrogen-bond acceptors (Lipinski definition) is 3. The van der Waals surface area contributed by atoms with Crippen molar-refractivity contribution in [3.63, 3.8) is 0 Å². The molecule has 6 heteroatoms. The molecule has 0 heterocycles. The summed E-state index contributed by atoms with van der Waals surface area (Å²) in [6.07, 6.45) is -0.270. The molecule has 1 atom stereocenters. The molecule has 0 saturated carbocycles. The molecule has 0 aliphatic rings. The Balaban J connectivity index is 4.50. The third-order valence-corrected chi connectivity index (χ3v) is 2.42. The smallest absolute Gasteiger partial charge is 0.311 e. The van der Waals surface area contributed by atoms with Gasteiger partial charge in [0.2, 0.25) is 5.91 Å². The third-order valence-electron chi connectivity index (χ3n) is 2.42. The van der Waals surface area contributed by atoms with E-state index in [1.807, 2.05) is 20.8 Å². The Morgan fingerprint density at radius 3 is 1.83 bits per heavy atom. The van der Waals surface area contributed by atoms with Gasteiger partial charge in [-0.3, -0.25) is 14.4 Å². The lowest BCUT2D eigenvalue weighted by atomic mass is 9.86. The van der Waals surface area contributed by atoms with Crippen molar-refractivity contribution in [2.24, 2.45) is 10.8 Å². The Hall–Kier alpha value is -1.59. The maximum Gasteiger partial charge on any atom is 0.311 e. The minimum absolute atomic E-state index is 0.191. The molecule has 0 aliphatic heterocycles. The van der Waals surface area contributed by atoms with Gasteiger partial charge in [-0.15, -0.1) is 0 Å². The molecule has 0 aliphatic carbocycles. The zero-order valence-corrected chi connectivity index (χ0v) is 11.2. The molecule has 6 nitrogen and oxygen atoms in total. The van der Waals surface area contributed by atoms with Crippen LogP contribution >= 0.6 is 0 Å². The third kappa shape index (κ3) is 6.22. The highest BCUT2D eigenvalue weighted by molar-refractivity contribution is 5.83. The first kappa shape index (κ1) is 16.4. The molecule has 104 valence electrons. The van der Waals surface area contributed by atoms with Gasteiger partial charge in [0, 0.05) is 13.0 Å². The first-order valence-electron chi connectivity index (χ1n) is 5.68. The van der Waals surface area contributed by atoms with E-state index in [-0.39, 0.29) is 24.3 Å². The minimum atomic E-state index is -1.49. The molecule has 3 N–H and O–H groups in total. The van der Waals surface area contributed by atoms with Gasteiger partial charge in [0.15, 0.2) is 0 Å². The Kier molecular flexibility index (Phi) is 5.32. The molecule has 0 aromatic heterocycles. The number of rotatable bonds is 6. The van der Waals surface area contributed by atoms with Crippen LogP contribution in [0.1, 0.15) is 40.5 Å². The summed E-state index contributed by atoms with van der Waals surface area (Å²) in [6.45, 7) is 6.78. The predicted molar refractivity (Wildman–Crippen MR) is 65.1 cm³/mol. The lowest BCUT2D eigenvalue weighted by Gasteiger charge is -2.24. The van der Waals surface area contributed by atoms with Crippen molar-refractivity contribution in [1.82, 2.24) is 5.32 Å². The number of carboxylic acid groups (broad SMARTS) is 2. The number of aliphatic carboxylic acids is 2. The van der Waals surface area contributed by atoms with E-state index in [9.17, 15) is 14.4 Å². The zero-order chi connectivity index (χ0) is 14.6. The molecule has 0 rings (SSSR count). The summed E-state index contributed by atoms with van der Waals surface area (Å²) in [7, 11) is 0. The number of hydrogen-bond donors (Lipinski definition) is 3. The minimum Gasteiger partial charge on any atom is -0.481 e. The van der Waals surface area contributed by atoms with Gasteiger partial charge in [-0.2, -0.15) is 0 Å². The number of carbonyl (C=O) groups is 3. The molecule has 0 radical (unpaired) electrons. The van der Waals surface area contributed by atoms with Crippen molar-refractivity contribution in [3.8, 4) is 0 Å². The molecule has 18 heavy (non-hydrogen) atoms. The summed E-state index contributed by atoms with van der Waals surface area (Å²) in [5.41, 5.74) is -1.68. The highest BCUT2D eigenvalue weighted by Gasteiger charge is 2.36. The normalized spacial score (nSPS) is 14.7. The topological polar surface area (TPSA) is 104 Å². The molecule has 1 unspecified atom stereocenters. The van der Waals surface area contributed by atoms with E-state index in [2.05, 4.69) is 5.32 Å². The second-order valence-corrected chi connectivity index (χ2v) is 5.95. The van der Waals surface area contributed by atoms with Crippen molar-refractivity contribution in [3.05, 3.63) is 0 Å². The van der Waals surface area contributed by atoms with Gasteiger partial charge in [-0.25, -0.2) is 0 Å². The van der Waals surface area contributed by atoms with Crippen molar-refractivity contribution >= 4 is 17.8 Å². The maximum atomic E-state index is 11.6. The van der Waals surface area contributed by atoms with Gasteiger partial charge in [-0.1, -0.05) is 20.8 Å². The molecule has 0 spiro atoms. The quantitative estimate of drug-likeness (QED) is 0.662. The van der Waals surface area contributed by atoms with Crippen molar-refractivity contribution in [2.75, 3.05) is 6.54 Å². The average Bonchev–Trinajstić information content (AvgIpc) is 2.10. The van der Waals surface area contributed by atoms with Gasteiger partial charge in [0.25, 0.3) is 0 Å². The maximum absolute atomic E-state index is 11.6. The number of amides is 1. The number of carbonyl (C=O) groups excluding carboxylic acids is 1. The Morgan fingerprint density at radius 2 is 1.50 bits per heavy atom. The van der Waals surface area contributed by atoms with Crippen molar-refractivity contribution in [2.45, 2.75) is 40.5 Å². The van der Waals surface area contributed by atoms with Gasteiger partial charge in [-0.05, 0) is 12.3 Å². The summed E-state index contributed by atoms with van der Waals surface area (Å²) in [5, 5.41) is 20.2. The van der Waals surface area contributed by atoms with Crippen LogP contribution < -0.4 is 5.32 Å². The van der Waals surface area contributed by atoms with Gasteiger partial charge in [0.05, 0.1) is 11.8 Å². The van der Waals surface area contributed by atoms with Crippen LogP contribution in [-0.2, 0) is 14.4 Å². The fraction of sp³-hybridized carbons (Fsp3) is 0.750. The van der Waals surface area contributed by atoms with E-state index in [0.29, 0.717) is 0 Å². The second-order valence-electron chi connectivity index (χ2n) is 5.95.